The second-order valence-electron chi connectivity index (χ2n) is 5.90. The molecule has 5 heteroatoms. The Morgan fingerprint density at radius 2 is 1.42 bits per heavy atom. The summed E-state index contributed by atoms with van der Waals surface area (Å²) in [6, 6.07) is 18.2. The number of rotatable bonds is 4. The van der Waals surface area contributed by atoms with Gasteiger partial charge < -0.3 is 9.47 Å². The number of carbonyl (C=O) groups excluding carboxylic acids is 3. The molecule has 1 aliphatic rings. The van der Waals surface area contributed by atoms with Gasteiger partial charge in [-0.25, -0.2) is 4.79 Å². The number of hydrogen-bond donors (Lipinski definition) is 0. The van der Waals surface area contributed by atoms with Crippen LogP contribution in [-0.2, 0) is 23.9 Å². The van der Waals surface area contributed by atoms with Crippen LogP contribution < -0.4 is 0 Å². The van der Waals surface area contributed by atoms with Gasteiger partial charge in [-0.1, -0.05) is 60.7 Å². The number of benzene rings is 2. The molecule has 2 aromatic rings. The number of ketones is 1. The lowest BCUT2D eigenvalue weighted by Crippen LogP contribution is -2.28. The van der Waals surface area contributed by atoms with E-state index < -0.39 is 29.6 Å². The largest absolute Gasteiger partial charge is 0.468 e. The molecule has 2 unspecified atom stereocenters. The van der Waals surface area contributed by atoms with Crippen LogP contribution in [0.4, 0.5) is 0 Å². The van der Waals surface area contributed by atoms with E-state index in [0.29, 0.717) is 11.1 Å². The molecule has 0 amide bonds. The van der Waals surface area contributed by atoms with Crippen molar-refractivity contribution in [3.8, 4) is 0 Å². The van der Waals surface area contributed by atoms with Crippen molar-refractivity contribution in [2.75, 3.05) is 14.2 Å². The summed E-state index contributed by atoms with van der Waals surface area (Å²) in [6.07, 6.45) is 0. The second-order valence-corrected chi connectivity index (χ2v) is 5.90. The molecule has 0 radical (unpaired) electrons. The van der Waals surface area contributed by atoms with Gasteiger partial charge >= 0.3 is 11.9 Å². The van der Waals surface area contributed by atoms with Gasteiger partial charge in [-0.3, -0.25) is 9.59 Å². The first-order valence-corrected chi connectivity index (χ1v) is 8.15. The molecule has 26 heavy (non-hydrogen) atoms. The Morgan fingerprint density at radius 3 is 1.96 bits per heavy atom. The van der Waals surface area contributed by atoms with Crippen molar-refractivity contribution in [1.29, 1.82) is 0 Å². The molecule has 0 saturated carbocycles. The predicted molar refractivity (Wildman–Crippen MR) is 95.1 cm³/mol. The average molecular weight is 350 g/mol. The molecular weight excluding hydrogens is 332 g/mol. The summed E-state index contributed by atoms with van der Waals surface area (Å²) in [5.41, 5.74) is 1.85. The molecule has 0 bridgehead atoms. The van der Waals surface area contributed by atoms with E-state index in [2.05, 4.69) is 0 Å². The van der Waals surface area contributed by atoms with E-state index in [1.807, 2.05) is 48.5 Å². The Labute approximate surface area is 151 Å². The van der Waals surface area contributed by atoms with Crippen molar-refractivity contribution in [2.24, 2.45) is 5.92 Å². The quantitative estimate of drug-likeness (QED) is 0.482. The van der Waals surface area contributed by atoms with E-state index in [1.54, 1.807) is 12.1 Å². The van der Waals surface area contributed by atoms with E-state index in [4.69, 9.17) is 9.47 Å². The molecule has 2 aromatic carbocycles. The SMILES string of the molecule is COC(=O)C1=C(c2ccccc2)C(c2ccccc2)C(C(=O)OC)C1=O. The first-order valence-electron chi connectivity index (χ1n) is 8.15. The molecule has 0 N–H and O–H groups in total. The molecule has 0 heterocycles. The van der Waals surface area contributed by atoms with Crippen molar-refractivity contribution in [3.05, 3.63) is 77.4 Å². The van der Waals surface area contributed by atoms with Crippen LogP contribution in [0, 0.1) is 5.92 Å². The fraction of sp³-hybridized carbons (Fsp3) is 0.190. The molecule has 0 aromatic heterocycles. The van der Waals surface area contributed by atoms with Gasteiger partial charge in [0.05, 0.1) is 14.2 Å². The Balaban J connectivity index is 2.29. The van der Waals surface area contributed by atoms with Crippen LogP contribution >= 0.6 is 0 Å². The molecule has 0 saturated heterocycles. The average Bonchev–Trinajstić information content (AvgIpc) is 3.01. The van der Waals surface area contributed by atoms with Crippen LogP contribution in [0.5, 0.6) is 0 Å². The minimum Gasteiger partial charge on any atom is -0.468 e. The second kappa shape index (κ2) is 7.35. The first-order chi connectivity index (χ1) is 12.6. The van der Waals surface area contributed by atoms with Gasteiger partial charge in [0.1, 0.15) is 11.5 Å². The number of allylic oxidation sites excluding steroid dienone is 1. The molecule has 0 fully saturated rings. The number of Topliss-reactive ketones (excluding diaryl/α,β-unsaturated/α-hetero) is 1. The van der Waals surface area contributed by atoms with Crippen LogP contribution in [0.15, 0.2) is 66.2 Å². The summed E-state index contributed by atoms with van der Waals surface area (Å²) in [6.45, 7) is 0. The lowest BCUT2D eigenvalue weighted by Gasteiger charge is -2.21. The topological polar surface area (TPSA) is 69.7 Å². The minimum absolute atomic E-state index is 0.0945. The highest BCUT2D eigenvalue weighted by Crippen LogP contribution is 2.47. The maximum atomic E-state index is 13.0. The Bertz CT molecular complexity index is 868. The smallest absolute Gasteiger partial charge is 0.341 e. The fourth-order valence-corrected chi connectivity index (χ4v) is 3.41. The monoisotopic (exact) mass is 350 g/mol. The van der Waals surface area contributed by atoms with Crippen molar-refractivity contribution in [1.82, 2.24) is 0 Å². The fourth-order valence-electron chi connectivity index (χ4n) is 3.41. The molecule has 3 rings (SSSR count). The standard InChI is InChI=1S/C21H18O5/c1-25-20(23)17-15(13-9-5-3-6-10-13)16(14-11-7-4-8-12-14)18(19(17)22)21(24)26-2/h3-12,15,17H,1-2H3. The molecule has 0 spiro atoms. The van der Waals surface area contributed by atoms with Gasteiger partial charge in [0.15, 0.2) is 5.78 Å². The van der Waals surface area contributed by atoms with Gasteiger partial charge in [0, 0.05) is 5.92 Å². The number of methoxy groups -OCH3 is 2. The van der Waals surface area contributed by atoms with Crippen molar-refractivity contribution >= 4 is 23.3 Å². The molecule has 1 aliphatic carbocycles. The van der Waals surface area contributed by atoms with Gasteiger partial charge in [0.2, 0.25) is 0 Å². The summed E-state index contributed by atoms with van der Waals surface area (Å²) in [5, 5.41) is 0. The van der Waals surface area contributed by atoms with Crippen molar-refractivity contribution < 1.29 is 23.9 Å². The Morgan fingerprint density at radius 1 is 0.846 bits per heavy atom. The molecule has 2 atom stereocenters. The number of carbonyl (C=O) groups is 3. The highest BCUT2D eigenvalue weighted by Gasteiger charge is 2.50. The summed E-state index contributed by atoms with van der Waals surface area (Å²) >= 11 is 0. The lowest BCUT2D eigenvalue weighted by molar-refractivity contribution is -0.148. The maximum Gasteiger partial charge on any atom is 0.341 e. The first kappa shape index (κ1) is 17.6. The van der Waals surface area contributed by atoms with E-state index in [0.717, 1.165) is 5.56 Å². The summed E-state index contributed by atoms with van der Waals surface area (Å²) < 4.78 is 9.70. The third-order valence-corrected chi connectivity index (χ3v) is 4.53. The van der Waals surface area contributed by atoms with Gasteiger partial charge in [-0.15, -0.1) is 0 Å². The third kappa shape index (κ3) is 2.92. The minimum atomic E-state index is -1.12. The molecule has 5 nitrogen and oxygen atoms in total. The van der Waals surface area contributed by atoms with E-state index >= 15 is 0 Å². The summed E-state index contributed by atoms with van der Waals surface area (Å²) in [4.78, 5) is 37.8. The normalized spacial score (nSPS) is 19.4. The summed E-state index contributed by atoms with van der Waals surface area (Å²) in [5.74, 6) is -3.73. The van der Waals surface area contributed by atoms with E-state index in [9.17, 15) is 14.4 Å². The zero-order chi connectivity index (χ0) is 18.7. The van der Waals surface area contributed by atoms with Crippen LogP contribution in [0.25, 0.3) is 5.57 Å². The van der Waals surface area contributed by atoms with Crippen LogP contribution in [-0.4, -0.2) is 31.9 Å². The molecular formula is C21H18O5. The Kier molecular flexibility index (Phi) is 4.98. The highest BCUT2D eigenvalue weighted by atomic mass is 16.5. The van der Waals surface area contributed by atoms with Crippen molar-refractivity contribution in [3.63, 3.8) is 0 Å². The predicted octanol–water partition coefficient (Wildman–Crippen LogP) is 2.77. The maximum absolute atomic E-state index is 13.0. The number of esters is 2. The number of ether oxygens (including phenoxy) is 2. The van der Waals surface area contributed by atoms with Crippen LogP contribution in [0.1, 0.15) is 17.0 Å². The Hall–Kier alpha value is -3.21. The van der Waals surface area contributed by atoms with Gasteiger partial charge in [-0.2, -0.15) is 0 Å². The van der Waals surface area contributed by atoms with Gasteiger partial charge in [0.25, 0.3) is 0 Å². The lowest BCUT2D eigenvalue weighted by atomic mass is 9.82. The highest BCUT2D eigenvalue weighted by molar-refractivity contribution is 6.31. The number of hydrogen-bond acceptors (Lipinski definition) is 5. The molecule has 132 valence electrons. The molecule has 0 aliphatic heterocycles. The third-order valence-electron chi connectivity index (χ3n) is 4.53. The van der Waals surface area contributed by atoms with Gasteiger partial charge in [-0.05, 0) is 16.7 Å². The zero-order valence-electron chi connectivity index (χ0n) is 14.5. The van der Waals surface area contributed by atoms with Crippen LogP contribution in [0.3, 0.4) is 0 Å². The zero-order valence-corrected chi connectivity index (χ0v) is 14.5. The van der Waals surface area contributed by atoms with Crippen molar-refractivity contribution in [2.45, 2.75) is 5.92 Å². The van der Waals surface area contributed by atoms with E-state index in [-0.39, 0.29) is 5.57 Å². The van der Waals surface area contributed by atoms with Crippen LogP contribution in [0.2, 0.25) is 0 Å². The summed E-state index contributed by atoms with van der Waals surface area (Å²) in [7, 11) is 2.45. The van der Waals surface area contributed by atoms with E-state index in [1.165, 1.54) is 14.2 Å².